The van der Waals surface area contributed by atoms with Crippen LogP contribution in [0.15, 0.2) is 23.4 Å². The Labute approximate surface area is 165 Å². The molecule has 1 unspecified atom stereocenters. The van der Waals surface area contributed by atoms with Crippen molar-refractivity contribution in [3.05, 3.63) is 29.3 Å². The van der Waals surface area contributed by atoms with Crippen molar-refractivity contribution in [2.24, 2.45) is 10.9 Å². The average molecular weight is 387 g/mol. The van der Waals surface area contributed by atoms with Gasteiger partial charge >= 0.3 is 0 Å². The average Bonchev–Trinajstić information content (AvgIpc) is 3.22. The first-order chi connectivity index (χ1) is 13.5. The predicted molar refractivity (Wildman–Crippen MR) is 109 cm³/mol. The van der Waals surface area contributed by atoms with E-state index < -0.39 is 12.0 Å². The molecule has 8 heteroatoms. The van der Waals surface area contributed by atoms with Crippen LogP contribution in [0.2, 0.25) is 0 Å². The topological polar surface area (TPSA) is 104 Å². The van der Waals surface area contributed by atoms with Gasteiger partial charge in [0.1, 0.15) is 5.84 Å². The molecule has 0 bridgehead atoms. The van der Waals surface area contributed by atoms with Crippen molar-refractivity contribution in [3.63, 3.8) is 0 Å². The van der Waals surface area contributed by atoms with Crippen LogP contribution in [0.1, 0.15) is 36.8 Å². The number of piperidine rings is 1. The molecule has 1 amide bonds. The quantitative estimate of drug-likeness (QED) is 0.546. The van der Waals surface area contributed by atoms with E-state index in [1.165, 1.54) is 6.42 Å². The molecule has 2 aliphatic heterocycles. The highest BCUT2D eigenvalue weighted by Gasteiger charge is 2.29. The van der Waals surface area contributed by atoms with Crippen LogP contribution in [0.4, 0.5) is 5.69 Å². The molecule has 8 nitrogen and oxygen atoms in total. The summed E-state index contributed by atoms with van der Waals surface area (Å²) in [5.74, 6) is 0.0313. The fraction of sp³-hybridized carbons (Fsp3) is 0.550. The third kappa shape index (κ3) is 4.44. The molecular weight excluding hydrogens is 358 g/mol. The number of carbonyl (C=O) groups is 1. The minimum absolute atomic E-state index is 0.351. The molecule has 1 fully saturated rings. The van der Waals surface area contributed by atoms with E-state index in [1.54, 1.807) is 7.11 Å². The molecule has 2 heterocycles. The molecule has 0 aromatic heterocycles. The molecule has 1 saturated heterocycles. The minimum Gasteiger partial charge on any atom is -0.383 e. The number of anilines is 1. The SMILES string of the molecule is COCCN(C)c1cc(C(=N)N2CCCCC2)ccc1C1=NOC(C(N)=O)C1. The molecule has 0 radical (unpaired) electrons. The number of likely N-dealkylation sites (tertiary alicyclic amines) is 1. The molecular formula is C20H29N5O3. The Bertz CT molecular complexity index is 758. The molecule has 0 aliphatic carbocycles. The smallest absolute Gasteiger partial charge is 0.261 e. The fourth-order valence-electron chi connectivity index (χ4n) is 3.58. The molecule has 1 aromatic carbocycles. The Morgan fingerprint density at radius 1 is 1.39 bits per heavy atom. The van der Waals surface area contributed by atoms with Crippen LogP contribution in [-0.2, 0) is 14.4 Å². The van der Waals surface area contributed by atoms with Gasteiger partial charge in [-0.3, -0.25) is 10.2 Å². The number of nitrogens with zero attached hydrogens (tertiary/aromatic N) is 3. The zero-order valence-corrected chi connectivity index (χ0v) is 16.6. The van der Waals surface area contributed by atoms with Crippen molar-refractivity contribution >= 4 is 23.1 Å². The highest BCUT2D eigenvalue weighted by atomic mass is 16.6. The lowest BCUT2D eigenvalue weighted by molar-refractivity contribution is -0.127. The van der Waals surface area contributed by atoms with Gasteiger partial charge in [-0.15, -0.1) is 0 Å². The van der Waals surface area contributed by atoms with Crippen molar-refractivity contribution in [1.82, 2.24) is 4.90 Å². The second-order valence-corrected chi connectivity index (χ2v) is 7.28. The lowest BCUT2D eigenvalue weighted by Gasteiger charge is -2.30. The molecule has 1 atom stereocenters. The van der Waals surface area contributed by atoms with Crippen LogP contribution in [-0.4, -0.2) is 68.9 Å². The van der Waals surface area contributed by atoms with Crippen LogP contribution in [0.3, 0.4) is 0 Å². The third-order valence-electron chi connectivity index (χ3n) is 5.28. The highest BCUT2D eigenvalue weighted by molar-refractivity contribution is 6.09. The van der Waals surface area contributed by atoms with E-state index in [0.717, 1.165) is 42.7 Å². The van der Waals surface area contributed by atoms with E-state index in [2.05, 4.69) is 15.0 Å². The number of carbonyl (C=O) groups excluding carboxylic acids is 1. The molecule has 152 valence electrons. The van der Waals surface area contributed by atoms with Gasteiger partial charge in [-0.25, -0.2) is 0 Å². The number of nitrogens with two attached hydrogens (primary N) is 1. The maximum atomic E-state index is 11.4. The molecule has 2 aliphatic rings. The number of amides is 1. The summed E-state index contributed by atoms with van der Waals surface area (Å²) < 4.78 is 5.21. The number of primary amides is 1. The van der Waals surface area contributed by atoms with Crippen LogP contribution in [0.25, 0.3) is 0 Å². The highest BCUT2D eigenvalue weighted by Crippen LogP contribution is 2.28. The summed E-state index contributed by atoms with van der Waals surface area (Å²) in [5, 5.41) is 12.7. The largest absolute Gasteiger partial charge is 0.383 e. The van der Waals surface area contributed by atoms with Crippen LogP contribution in [0, 0.1) is 5.41 Å². The summed E-state index contributed by atoms with van der Waals surface area (Å²) in [4.78, 5) is 20.8. The third-order valence-corrected chi connectivity index (χ3v) is 5.28. The molecule has 28 heavy (non-hydrogen) atoms. The second-order valence-electron chi connectivity index (χ2n) is 7.28. The molecule has 0 saturated carbocycles. The van der Waals surface area contributed by atoms with Crippen molar-refractivity contribution < 1.29 is 14.4 Å². The minimum atomic E-state index is -0.724. The van der Waals surface area contributed by atoms with Gasteiger partial charge in [0.05, 0.1) is 12.3 Å². The maximum Gasteiger partial charge on any atom is 0.261 e. The normalized spacial score (nSPS) is 19.1. The number of hydrogen-bond acceptors (Lipinski definition) is 6. The monoisotopic (exact) mass is 387 g/mol. The first-order valence-corrected chi connectivity index (χ1v) is 9.71. The number of nitrogens with one attached hydrogen (secondary N) is 1. The van der Waals surface area contributed by atoms with E-state index in [1.807, 2.05) is 25.2 Å². The Morgan fingerprint density at radius 2 is 2.14 bits per heavy atom. The van der Waals surface area contributed by atoms with E-state index in [9.17, 15) is 4.79 Å². The Kier molecular flexibility index (Phi) is 6.51. The van der Waals surface area contributed by atoms with E-state index >= 15 is 0 Å². The zero-order chi connectivity index (χ0) is 20.1. The van der Waals surface area contributed by atoms with Crippen LogP contribution >= 0.6 is 0 Å². The summed E-state index contributed by atoms with van der Waals surface area (Å²) in [6, 6.07) is 5.92. The first kappa shape index (κ1) is 20.1. The van der Waals surface area contributed by atoms with E-state index in [-0.39, 0.29) is 0 Å². The number of likely N-dealkylation sites (N-methyl/N-ethyl adjacent to an activating group) is 1. The molecule has 3 N–H and O–H groups in total. The molecule has 0 spiro atoms. The summed E-state index contributed by atoms with van der Waals surface area (Å²) in [5.41, 5.74) is 8.74. The van der Waals surface area contributed by atoms with Gasteiger partial charge < -0.3 is 25.1 Å². The predicted octanol–water partition coefficient (Wildman–Crippen LogP) is 1.56. The number of benzene rings is 1. The summed E-state index contributed by atoms with van der Waals surface area (Å²) in [7, 11) is 3.65. The number of methoxy groups -OCH3 is 1. The second kappa shape index (κ2) is 9.05. The lowest BCUT2D eigenvalue weighted by atomic mass is 9.99. The van der Waals surface area contributed by atoms with Crippen molar-refractivity contribution in [2.45, 2.75) is 31.8 Å². The van der Waals surface area contributed by atoms with Crippen molar-refractivity contribution in [2.75, 3.05) is 45.3 Å². The standard InChI is InChI=1S/C20H29N5O3/c1-24(10-11-27-2)17-12-14(19(21)25-8-4-3-5-9-25)6-7-15(17)16-13-18(20(22)26)28-23-16/h6-7,12,18,21H,3-5,8-11,13H2,1-2H3,(H2,22,26). The molecule has 3 rings (SSSR count). The van der Waals surface area contributed by atoms with Crippen molar-refractivity contribution in [1.29, 1.82) is 5.41 Å². The van der Waals surface area contributed by atoms with Crippen molar-refractivity contribution in [3.8, 4) is 0 Å². The van der Waals surface area contributed by atoms with Crippen LogP contribution in [0.5, 0.6) is 0 Å². The number of ether oxygens (including phenoxy) is 1. The number of hydrogen-bond donors (Lipinski definition) is 2. The summed E-state index contributed by atoms with van der Waals surface area (Å²) in [6.45, 7) is 3.13. The lowest BCUT2D eigenvalue weighted by Crippen LogP contribution is -2.36. The van der Waals surface area contributed by atoms with Gasteiger partial charge in [0.25, 0.3) is 5.91 Å². The van der Waals surface area contributed by atoms with E-state index in [4.69, 9.17) is 20.7 Å². The van der Waals surface area contributed by atoms with Gasteiger partial charge in [-0.2, -0.15) is 0 Å². The Morgan fingerprint density at radius 3 is 2.79 bits per heavy atom. The number of oxime groups is 1. The number of rotatable bonds is 7. The Hall–Kier alpha value is -2.61. The van der Waals surface area contributed by atoms with Crippen LogP contribution < -0.4 is 10.6 Å². The molecule has 1 aromatic rings. The maximum absolute atomic E-state index is 11.4. The van der Waals surface area contributed by atoms with Gasteiger partial charge in [0, 0.05) is 57.0 Å². The van der Waals surface area contributed by atoms with Gasteiger partial charge in [0.15, 0.2) is 0 Å². The van der Waals surface area contributed by atoms with E-state index in [0.29, 0.717) is 31.1 Å². The first-order valence-electron chi connectivity index (χ1n) is 9.71. The number of amidine groups is 1. The fourth-order valence-corrected chi connectivity index (χ4v) is 3.58. The van der Waals surface area contributed by atoms with Gasteiger partial charge in [-0.1, -0.05) is 17.3 Å². The summed E-state index contributed by atoms with van der Waals surface area (Å²) in [6.07, 6.45) is 3.12. The van der Waals surface area contributed by atoms with Gasteiger partial charge in [0.2, 0.25) is 6.10 Å². The Balaban J connectivity index is 1.89. The summed E-state index contributed by atoms with van der Waals surface area (Å²) >= 11 is 0. The zero-order valence-electron chi connectivity index (χ0n) is 16.6. The van der Waals surface area contributed by atoms with Gasteiger partial charge in [-0.05, 0) is 25.3 Å².